The summed E-state index contributed by atoms with van der Waals surface area (Å²) in [7, 11) is 1.76. The van der Waals surface area contributed by atoms with E-state index in [-0.39, 0.29) is 40.7 Å². The highest BCUT2D eigenvalue weighted by atomic mass is 16.6. The predicted molar refractivity (Wildman–Crippen MR) is 260 cm³/mol. The summed E-state index contributed by atoms with van der Waals surface area (Å²) in [6, 6.07) is 28.4. The van der Waals surface area contributed by atoms with E-state index in [1.165, 1.54) is 5.56 Å². The van der Waals surface area contributed by atoms with Gasteiger partial charge in [0, 0.05) is 63.2 Å². The minimum absolute atomic E-state index is 0.0462. The summed E-state index contributed by atoms with van der Waals surface area (Å²) < 4.78 is 49.1. The van der Waals surface area contributed by atoms with Gasteiger partial charge >= 0.3 is 5.97 Å². The molecule has 0 heterocycles. The highest BCUT2D eigenvalue weighted by molar-refractivity contribution is 5.87. The van der Waals surface area contributed by atoms with Crippen molar-refractivity contribution in [2.24, 2.45) is 5.92 Å². The number of carbonyl (C=O) groups is 1. The Bertz CT molecular complexity index is 1750. The normalized spacial score (nSPS) is 14.4. The summed E-state index contributed by atoms with van der Waals surface area (Å²) in [6.45, 7) is 30.6. The van der Waals surface area contributed by atoms with E-state index in [9.17, 15) is 4.79 Å². The smallest absolute Gasteiger partial charge is 0.333 e. The highest BCUT2D eigenvalue weighted by Crippen LogP contribution is 2.34. The molecule has 0 fully saturated rings. The van der Waals surface area contributed by atoms with E-state index in [2.05, 4.69) is 98.4 Å². The van der Waals surface area contributed by atoms with Crippen LogP contribution in [0.5, 0.6) is 11.5 Å². The van der Waals surface area contributed by atoms with Crippen LogP contribution in [-0.2, 0) is 33.2 Å². The van der Waals surface area contributed by atoms with Crippen LogP contribution in [0.3, 0.4) is 0 Å². The lowest BCUT2D eigenvalue weighted by molar-refractivity contribution is -0.156. The number of unbranched alkanes of at least 4 members (excludes halogenated alkanes) is 2. The van der Waals surface area contributed by atoms with Gasteiger partial charge in [0.2, 0.25) is 0 Å². The van der Waals surface area contributed by atoms with E-state index in [0.29, 0.717) is 57.7 Å². The maximum absolute atomic E-state index is 12.4. The number of benzene rings is 3. The van der Waals surface area contributed by atoms with Gasteiger partial charge in [0.15, 0.2) is 0 Å². The molecule has 358 valence electrons. The fourth-order valence-electron chi connectivity index (χ4n) is 7.35. The van der Waals surface area contributed by atoms with Gasteiger partial charge in [0.1, 0.15) is 17.1 Å². The summed E-state index contributed by atoms with van der Waals surface area (Å²) in [4.78, 5) is 12.4. The van der Waals surface area contributed by atoms with Crippen molar-refractivity contribution in [3.63, 3.8) is 0 Å². The lowest BCUT2D eigenvalue weighted by Crippen LogP contribution is -2.39. The molecule has 0 N–H and O–H groups in total. The van der Waals surface area contributed by atoms with Gasteiger partial charge in [-0.15, -0.1) is 0 Å². The van der Waals surface area contributed by atoms with Crippen molar-refractivity contribution in [2.75, 3.05) is 53.4 Å². The molecule has 0 saturated carbocycles. The monoisotopic (exact) mass is 889 g/mol. The van der Waals surface area contributed by atoms with E-state index in [1.54, 1.807) is 14.0 Å². The Morgan fingerprint density at radius 1 is 0.609 bits per heavy atom. The molecule has 0 aliphatic heterocycles. The number of hydrogen-bond acceptors (Lipinski definition) is 9. The summed E-state index contributed by atoms with van der Waals surface area (Å²) in [5.74, 6) is 1.57. The zero-order valence-electron chi connectivity index (χ0n) is 41.7. The number of hydrogen-bond donors (Lipinski definition) is 0. The molecule has 4 atom stereocenters. The Labute approximate surface area is 387 Å². The third-order valence-electron chi connectivity index (χ3n) is 12.4. The Hall–Kier alpha value is -3.73. The largest absolute Gasteiger partial charge is 0.493 e. The third-order valence-corrected chi connectivity index (χ3v) is 12.4. The molecule has 9 nitrogen and oxygen atoms in total. The first-order valence-electron chi connectivity index (χ1n) is 23.6. The summed E-state index contributed by atoms with van der Waals surface area (Å²) >= 11 is 0. The number of rotatable bonds is 33. The summed E-state index contributed by atoms with van der Waals surface area (Å²) in [5, 5.41) is 0. The van der Waals surface area contributed by atoms with Crippen LogP contribution in [0.15, 0.2) is 97.1 Å². The van der Waals surface area contributed by atoms with E-state index in [1.807, 2.05) is 62.4 Å². The average Bonchev–Trinajstić information content (AvgIpc) is 3.24. The van der Waals surface area contributed by atoms with Crippen LogP contribution in [-0.4, -0.2) is 87.8 Å². The zero-order valence-corrected chi connectivity index (χ0v) is 41.7. The predicted octanol–water partition coefficient (Wildman–Crippen LogP) is 12.7. The summed E-state index contributed by atoms with van der Waals surface area (Å²) in [5.41, 5.74) is 0.989. The first kappa shape index (κ1) is 54.6. The van der Waals surface area contributed by atoms with Crippen molar-refractivity contribution in [3.8, 4) is 11.5 Å². The molecule has 0 aromatic heterocycles. The summed E-state index contributed by atoms with van der Waals surface area (Å²) in [6.07, 6.45) is 6.48. The molecule has 0 aliphatic carbocycles. The van der Waals surface area contributed by atoms with Crippen LogP contribution in [0.4, 0.5) is 0 Å². The van der Waals surface area contributed by atoms with Crippen molar-refractivity contribution < 1.29 is 42.7 Å². The molecular formula is C55H84O9. The number of methoxy groups -OCH3 is 1. The van der Waals surface area contributed by atoms with Crippen LogP contribution in [0.2, 0.25) is 0 Å². The lowest BCUT2D eigenvalue weighted by Gasteiger charge is -2.35. The van der Waals surface area contributed by atoms with Crippen molar-refractivity contribution in [1.29, 1.82) is 0 Å². The average molecular weight is 889 g/mol. The Kier molecular flexibility index (Phi) is 23.1. The molecular weight excluding hydrogens is 805 g/mol. The van der Waals surface area contributed by atoms with Crippen LogP contribution >= 0.6 is 0 Å². The van der Waals surface area contributed by atoms with Crippen molar-refractivity contribution in [3.05, 3.63) is 108 Å². The second kappa shape index (κ2) is 27.0. The SMILES string of the molecule is C=C(C)C(=O)OC(C)(C)C(COC(C)C(C)CCCCOC(C)(C)CCOc1cccc(OCCC(C)(C)OCCCCOCC(c2ccccc2)C(C)(C)OC)c1)c1ccccc1. The number of carbonyl (C=O) groups excluding carboxylic acids is 1. The first-order chi connectivity index (χ1) is 30.2. The molecule has 0 bridgehead atoms. The minimum atomic E-state index is -0.766. The van der Waals surface area contributed by atoms with Gasteiger partial charge in [-0.25, -0.2) is 4.79 Å². The van der Waals surface area contributed by atoms with E-state index in [0.717, 1.165) is 62.0 Å². The topological polar surface area (TPSA) is 90.9 Å². The second-order valence-corrected chi connectivity index (χ2v) is 19.7. The second-order valence-electron chi connectivity index (χ2n) is 19.7. The molecule has 9 heteroatoms. The van der Waals surface area contributed by atoms with Gasteiger partial charge in [-0.05, 0) is 124 Å². The van der Waals surface area contributed by atoms with Gasteiger partial charge in [0.05, 0.1) is 49.3 Å². The van der Waals surface area contributed by atoms with E-state index in [4.69, 9.17) is 37.9 Å². The number of ether oxygens (including phenoxy) is 8. The van der Waals surface area contributed by atoms with Gasteiger partial charge in [-0.2, -0.15) is 0 Å². The van der Waals surface area contributed by atoms with Crippen molar-refractivity contribution >= 4 is 5.97 Å². The fourth-order valence-corrected chi connectivity index (χ4v) is 7.35. The van der Waals surface area contributed by atoms with Crippen LogP contribution < -0.4 is 9.47 Å². The molecule has 3 rings (SSSR count). The molecule has 0 aliphatic rings. The molecule has 3 aromatic rings. The Morgan fingerprint density at radius 3 is 1.59 bits per heavy atom. The first-order valence-corrected chi connectivity index (χ1v) is 23.6. The van der Waals surface area contributed by atoms with Crippen LogP contribution in [0.1, 0.15) is 144 Å². The number of esters is 1. The standard InChI is InChI=1S/C55H84O9/c1-42(2)51(56)64-55(11,12)50(46-28-18-15-19-29-46)41-61-44(4)43(3)25-20-21-35-62-52(5,6)32-37-59-47-30-24-31-48(39-47)60-38-33-53(7,8)63-36-23-22-34-58-40-49(54(9,10)57-13)45-26-16-14-17-27-45/h14-19,24,26-31,39,43-44,49-50H,1,20-23,25,32-38,40-41H2,2-13H3. The van der Waals surface area contributed by atoms with Gasteiger partial charge in [0.25, 0.3) is 0 Å². The lowest BCUT2D eigenvalue weighted by atomic mass is 9.85. The molecule has 0 amide bonds. The molecule has 3 aromatic carbocycles. The van der Waals surface area contributed by atoms with Crippen molar-refractivity contribution in [1.82, 2.24) is 0 Å². The van der Waals surface area contributed by atoms with Crippen molar-refractivity contribution in [2.45, 2.75) is 161 Å². The fraction of sp³-hybridized carbons (Fsp3) is 0.618. The van der Waals surface area contributed by atoms with E-state index >= 15 is 0 Å². The third kappa shape index (κ3) is 20.2. The van der Waals surface area contributed by atoms with Gasteiger partial charge in [-0.1, -0.05) is 86.7 Å². The van der Waals surface area contributed by atoms with E-state index < -0.39 is 5.60 Å². The molecule has 4 unspecified atom stereocenters. The molecule has 0 radical (unpaired) electrons. The quantitative estimate of drug-likeness (QED) is 0.0337. The molecule has 0 saturated heterocycles. The maximum atomic E-state index is 12.4. The Balaban J connectivity index is 1.29. The molecule has 0 spiro atoms. The molecule has 64 heavy (non-hydrogen) atoms. The Morgan fingerprint density at radius 2 is 1.09 bits per heavy atom. The van der Waals surface area contributed by atoms with Gasteiger partial charge < -0.3 is 37.9 Å². The zero-order chi connectivity index (χ0) is 47.2. The minimum Gasteiger partial charge on any atom is -0.493 e. The maximum Gasteiger partial charge on any atom is 0.333 e. The van der Waals surface area contributed by atoms with Crippen LogP contribution in [0, 0.1) is 5.92 Å². The highest BCUT2D eigenvalue weighted by Gasteiger charge is 2.36. The van der Waals surface area contributed by atoms with Gasteiger partial charge in [-0.3, -0.25) is 0 Å². The van der Waals surface area contributed by atoms with Crippen LogP contribution in [0.25, 0.3) is 0 Å².